The molecule has 1 heterocycles. The summed E-state index contributed by atoms with van der Waals surface area (Å²) in [7, 11) is 0. The van der Waals surface area contributed by atoms with Gasteiger partial charge in [-0.2, -0.15) is 0 Å². The Morgan fingerprint density at radius 2 is 2.07 bits per heavy atom. The minimum Gasteiger partial charge on any atom is -0.487 e. The van der Waals surface area contributed by atoms with Crippen LogP contribution in [0.1, 0.15) is 45.9 Å². The van der Waals surface area contributed by atoms with Crippen molar-refractivity contribution < 1.29 is 4.74 Å². The highest BCUT2D eigenvalue weighted by Gasteiger charge is 2.12. The van der Waals surface area contributed by atoms with E-state index in [1.54, 1.807) is 6.20 Å². The molecule has 1 atom stereocenters. The Bertz CT molecular complexity index is 300. The van der Waals surface area contributed by atoms with E-state index < -0.39 is 0 Å². The van der Waals surface area contributed by atoms with Crippen molar-refractivity contribution in [3.05, 3.63) is 24.0 Å². The van der Waals surface area contributed by atoms with Gasteiger partial charge in [-0.3, -0.25) is 4.98 Å². The van der Waals surface area contributed by atoms with Gasteiger partial charge in [0.05, 0.1) is 11.9 Å². The number of pyridine rings is 1. The Balaban J connectivity index is 2.72. The Labute approximate surface area is 91.7 Å². The van der Waals surface area contributed by atoms with E-state index in [0.29, 0.717) is 0 Å². The van der Waals surface area contributed by atoms with Crippen LogP contribution in [0.2, 0.25) is 0 Å². The van der Waals surface area contributed by atoms with Crippen LogP contribution >= 0.6 is 0 Å². The molecule has 0 aliphatic rings. The highest BCUT2D eigenvalue weighted by Crippen LogP contribution is 2.19. The van der Waals surface area contributed by atoms with Gasteiger partial charge in [0.25, 0.3) is 0 Å². The number of ether oxygens (including phenoxy) is 1. The van der Waals surface area contributed by atoms with Crippen molar-refractivity contribution in [3.63, 3.8) is 0 Å². The number of nitrogens with zero attached hydrogens (tertiary/aromatic N) is 1. The summed E-state index contributed by atoms with van der Waals surface area (Å²) in [5.74, 6) is 0.787. The smallest absolute Gasteiger partial charge is 0.138 e. The van der Waals surface area contributed by atoms with Crippen molar-refractivity contribution >= 4 is 0 Å². The van der Waals surface area contributed by atoms with Gasteiger partial charge in [-0.1, -0.05) is 6.92 Å². The van der Waals surface area contributed by atoms with E-state index in [4.69, 9.17) is 10.5 Å². The molecule has 0 aliphatic heterocycles. The largest absolute Gasteiger partial charge is 0.487 e. The molecule has 0 saturated carbocycles. The fourth-order valence-electron chi connectivity index (χ4n) is 1.23. The predicted octanol–water partition coefficient (Wildman–Crippen LogP) is 2.67. The van der Waals surface area contributed by atoms with Gasteiger partial charge >= 0.3 is 0 Å². The zero-order chi connectivity index (χ0) is 11.5. The number of hydrogen-bond acceptors (Lipinski definition) is 3. The van der Waals surface area contributed by atoms with Crippen molar-refractivity contribution in [2.24, 2.45) is 5.73 Å². The maximum atomic E-state index is 5.87. The first-order valence-corrected chi connectivity index (χ1v) is 5.33. The van der Waals surface area contributed by atoms with E-state index in [9.17, 15) is 0 Å². The molecular weight excluding hydrogens is 188 g/mol. The van der Waals surface area contributed by atoms with Crippen LogP contribution in [0.5, 0.6) is 5.75 Å². The Kier molecular flexibility index (Phi) is 3.69. The lowest BCUT2D eigenvalue weighted by molar-refractivity contribution is 0.130. The SMILES string of the molecule is CC[C@@H](N)c1ccc(OC(C)(C)C)cn1. The summed E-state index contributed by atoms with van der Waals surface area (Å²) in [4.78, 5) is 4.28. The third kappa shape index (κ3) is 3.88. The van der Waals surface area contributed by atoms with Crippen LogP contribution in [0.4, 0.5) is 0 Å². The normalized spacial score (nSPS) is 13.7. The molecule has 0 amide bonds. The van der Waals surface area contributed by atoms with Gasteiger partial charge in [0.15, 0.2) is 0 Å². The number of hydrogen-bond donors (Lipinski definition) is 1. The summed E-state index contributed by atoms with van der Waals surface area (Å²) < 4.78 is 5.67. The minimum atomic E-state index is -0.184. The maximum absolute atomic E-state index is 5.87. The summed E-state index contributed by atoms with van der Waals surface area (Å²) in [6, 6.07) is 3.87. The highest BCUT2D eigenvalue weighted by molar-refractivity contribution is 5.21. The topological polar surface area (TPSA) is 48.1 Å². The second-order valence-corrected chi connectivity index (χ2v) is 4.65. The molecule has 15 heavy (non-hydrogen) atoms. The van der Waals surface area contributed by atoms with E-state index in [2.05, 4.69) is 4.98 Å². The van der Waals surface area contributed by atoms with E-state index in [0.717, 1.165) is 17.9 Å². The third-order valence-electron chi connectivity index (χ3n) is 2.00. The van der Waals surface area contributed by atoms with Gasteiger partial charge in [-0.15, -0.1) is 0 Å². The molecule has 0 aromatic carbocycles. The molecule has 84 valence electrons. The Morgan fingerprint density at radius 3 is 2.47 bits per heavy atom. The predicted molar refractivity (Wildman–Crippen MR) is 61.8 cm³/mol. The molecule has 1 rings (SSSR count). The molecule has 1 aromatic rings. The number of rotatable bonds is 3. The lowest BCUT2D eigenvalue weighted by Crippen LogP contribution is -2.23. The van der Waals surface area contributed by atoms with Crippen LogP contribution in [-0.2, 0) is 0 Å². The van der Waals surface area contributed by atoms with Gasteiger partial charge in [0.2, 0.25) is 0 Å². The van der Waals surface area contributed by atoms with Crippen molar-refractivity contribution in [1.29, 1.82) is 0 Å². The summed E-state index contributed by atoms with van der Waals surface area (Å²) in [6.45, 7) is 8.09. The molecule has 1 aromatic heterocycles. The second-order valence-electron chi connectivity index (χ2n) is 4.65. The standard InChI is InChI=1S/C12H20N2O/c1-5-10(13)11-7-6-9(8-14-11)15-12(2,3)4/h6-8,10H,5,13H2,1-4H3/t10-/m1/s1. The van der Waals surface area contributed by atoms with Crippen molar-refractivity contribution in [1.82, 2.24) is 4.98 Å². The fourth-order valence-corrected chi connectivity index (χ4v) is 1.23. The van der Waals surface area contributed by atoms with Gasteiger partial charge in [-0.25, -0.2) is 0 Å². The molecule has 0 bridgehead atoms. The summed E-state index contributed by atoms with van der Waals surface area (Å²) in [5, 5.41) is 0. The zero-order valence-electron chi connectivity index (χ0n) is 9.95. The summed E-state index contributed by atoms with van der Waals surface area (Å²) >= 11 is 0. The highest BCUT2D eigenvalue weighted by atomic mass is 16.5. The lowest BCUT2D eigenvalue weighted by atomic mass is 10.1. The van der Waals surface area contributed by atoms with Crippen molar-refractivity contribution in [2.45, 2.75) is 45.8 Å². The van der Waals surface area contributed by atoms with E-state index in [1.165, 1.54) is 0 Å². The van der Waals surface area contributed by atoms with Gasteiger partial charge in [0.1, 0.15) is 11.4 Å². The first-order valence-electron chi connectivity index (χ1n) is 5.33. The van der Waals surface area contributed by atoms with Crippen molar-refractivity contribution in [2.75, 3.05) is 0 Å². The Hall–Kier alpha value is -1.09. The molecule has 0 fully saturated rings. The number of nitrogens with two attached hydrogens (primary N) is 1. The quantitative estimate of drug-likeness (QED) is 0.830. The lowest BCUT2D eigenvalue weighted by Gasteiger charge is -2.21. The van der Waals surface area contributed by atoms with Gasteiger partial charge in [-0.05, 0) is 39.3 Å². The summed E-state index contributed by atoms with van der Waals surface area (Å²) in [5.41, 5.74) is 6.60. The van der Waals surface area contributed by atoms with Crippen LogP contribution in [-0.4, -0.2) is 10.6 Å². The minimum absolute atomic E-state index is 0.0219. The molecule has 0 saturated heterocycles. The molecule has 3 nitrogen and oxygen atoms in total. The first kappa shape index (κ1) is 12.0. The average Bonchev–Trinajstić information content (AvgIpc) is 2.15. The number of aromatic nitrogens is 1. The van der Waals surface area contributed by atoms with Gasteiger partial charge in [0, 0.05) is 6.04 Å². The average molecular weight is 208 g/mol. The van der Waals surface area contributed by atoms with E-state index >= 15 is 0 Å². The monoisotopic (exact) mass is 208 g/mol. The maximum Gasteiger partial charge on any atom is 0.138 e. The molecule has 0 aliphatic carbocycles. The molecule has 3 heteroatoms. The van der Waals surface area contributed by atoms with Gasteiger partial charge < -0.3 is 10.5 Å². The first-order chi connectivity index (χ1) is 6.92. The van der Waals surface area contributed by atoms with E-state index in [1.807, 2.05) is 39.8 Å². The van der Waals surface area contributed by atoms with Crippen molar-refractivity contribution in [3.8, 4) is 5.75 Å². The zero-order valence-corrected chi connectivity index (χ0v) is 9.95. The molecule has 0 radical (unpaired) electrons. The molecule has 0 unspecified atom stereocenters. The fraction of sp³-hybridized carbons (Fsp3) is 0.583. The van der Waals surface area contributed by atoms with Crippen LogP contribution < -0.4 is 10.5 Å². The Morgan fingerprint density at radius 1 is 1.40 bits per heavy atom. The van der Waals surface area contributed by atoms with E-state index in [-0.39, 0.29) is 11.6 Å². The third-order valence-corrected chi connectivity index (χ3v) is 2.00. The molecule has 0 spiro atoms. The second kappa shape index (κ2) is 4.62. The van der Waals surface area contributed by atoms with Crippen LogP contribution in [0.15, 0.2) is 18.3 Å². The molecular formula is C12H20N2O. The van der Waals surface area contributed by atoms with Crippen LogP contribution in [0.3, 0.4) is 0 Å². The summed E-state index contributed by atoms with van der Waals surface area (Å²) in [6.07, 6.45) is 2.63. The molecule has 2 N–H and O–H groups in total. The van der Waals surface area contributed by atoms with Crippen LogP contribution in [0, 0.1) is 0 Å². The van der Waals surface area contributed by atoms with Crippen LogP contribution in [0.25, 0.3) is 0 Å².